The third-order valence-corrected chi connectivity index (χ3v) is 3.61. The summed E-state index contributed by atoms with van der Waals surface area (Å²) in [6.07, 6.45) is 0. The van der Waals surface area contributed by atoms with E-state index in [4.69, 9.17) is 9.84 Å². The van der Waals surface area contributed by atoms with Crippen LogP contribution < -0.4 is 4.74 Å². The number of ether oxygens (including phenoxy) is 1. The molecule has 0 saturated carbocycles. The first kappa shape index (κ1) is 13.2. The van der Waals surface area contributed by atoms with Crippen LogP contribution in [-0.2, 0) is 14.1 Å². The highest BCUT2D eigenvalue weighted by molar-refractivity contribution is 5.90. The zero-order chi connectivity index (χ0) is 15.1. The minimum absolute atomic E-state index is 0.0373. The molecule has 0 unspecified atom stereocenters. The van der Waals surface area contributed by atoms with Gasteiger partial charge in [-0.3, -0.25) is 4.68 Å². The van der Waals surface area contributed by atoms with Crippen molar-refractivity contribution in [3.63, 3.8) is 0 Å². The fourth-order valence-corrected chi connectivity index (χ4v) is 2.49. The van der Waals surface area contributed by atoms with Gasteiger partial charge in [0.05, 0.1) is 24.0 Å². The Hall–Kier alpha value is -2.76. The van der Waals surface area contributed by atoms with Crippen molar-refractivity contribution in [3.05, 3.63) is 36.0 Å². The number of carboxylic acids is 1. The van der Waals surface area contributed by atoms with Gasteiger partial charge < -0.3 is 14.4 Å². The Labute approximate surface area is 121 Å². The molecule has 6 nitrogen and oxygen atoms in total. The van der Waals surface area contributed by atoms with Gasteiger partial charge in [0.1, 0.15) is 5.75 Å². The molecule has 108 valence electrons. The van der Waals surface area contributed by atoms with E-state index in [1.165, 1.54) is 0 Å². The van der Waals surface area contributed by atoms with Crippen LogP contribution in [0.2, 0.25) is 0 Å². The maximum absolute atomic E-state index is 11.0. The number of fused-ring (bicyclic) bond motifs is 1. The van der Waals surface area contributed by atoms with Crippen LogP contribution in [0, 0.1) is 0 Å². The highest BCUT2D eigenvalue weighted by Gasteiger charge is 2.16. The standard InChI is InChI=1S/C15H15N3O3/c1-17-12-7-10(21-3)5-4-9(12)6-13(17)14-8-11(15(19)20)16-18(14)2/h4-8H,1-3H3,(H,19,20). The summed E-state index contributed by atoms with van der Waals surface area (Å²) in [5, 5.41) is 14.1. The van der Waals surface area contributed by atoms with Crippen LogP contribution in [0.25, 0.3) is 22.3 Å². The lowest BCUT2D eigenvalue weighted by atomic mass is 10.2. The molecule has 3 aromatic rings. The fraction of sp³-hybridized carbons (Fsp3) is 0.200. The van der Waals surface area contributed by atoms with Crippen LogP contribution in [0.1, 0.15) is 10.5 Å². The van der Waals surface area contributed by atoms with Gasteiger partial charge in [0.15, 0.2) is 5.69 Å². The van der Waals surface area contributed by atoms with Crippen LogP contribution in [-0.4, -0.2) is 32.5 Å². The van der Waals surface area contributed by atoms with Crippen molar-refractivity contribution >= 4 is 16.9 Å². The molecule has 0 fully saturated rings. The monoisotopic (exact) mass is 285 g/mol. The third-order valence-electron chi connectivity index (χ3n) is 3.61. The number of hydrogen-bond donors (Lipinski definition) is 1. The first-order valence-corrected chi connectivity index (χ1v) is 6.42. The molecule has 3 rings (SSSR count). The zero-order valence-corrected chi connectivity index (χ0v) is 12.0. The SMILES string of the molecule is COc1ccc2cc(-c3cc(C(=O)O)nn3C)n(C)c2c1. The highest BCUT2D eigenvalue weighted by atomic mass is 16.5. The van der Waals surface area contributed by atoms with Gasteiger partial charge in [-0.15, -0.1) is 0 Å². The molecule has 0 saturated heterocycles. The molecule has 0 spiro atoms. The van der Waals surface area contributed by atoms with Crippen molar-refractivity contribution in [1.82, 2.24) is 14.3 Å². The van der Waals surface area contributed by atoms with E-state index in [-0.39, 0.29) is 5.69 Å². The summed E-state index contributed by atoms with van der Waals surface area (Å²) in [4.78, 5) is 11.0. The molecule has 0 aliphatic carbocycles. The molecule has 2 heterocycles. The zero-order valence-electron chi connectivity index (χ0n) is 12.0. The van der Waals surface area contributed by atoms with Gasteiger partial charge in [-0.05, 0) is 18.2 Å². The molecule has 0 atom stereocenters. The number of nitrogens with zero attached hydrogens (tertiary/aromatic N) is 3. The second-order valence-electron chi connectivity index (χ2n) is 4.86. The Morgan fingerprint density at radius 3 is 2.57 bits per heavy atom. The topological polar surface area (TPSA) is 69.3 Å². The summed E-state index contributed by atoms with van der Waals surface area (Å²) in [5.74, 6) is -0.247. The smallest absolute Gasteiger partial charge is 0.356 e. The summed E-state index contributed by atoms with van der Waals surface area (Å²) in [7, 11) is 5.30. The number of rotatable bonds is 3. The van der Waals surface area contributed by atoms with Gasteiger partial charge in [-0.25, -0.2) is 4.79 Å². The largest absolute Gasteiger partial charge is 0.497 e. The highest BCUT2D eigenvalue weighted by Crippen LogP contribution is 2.29. The van der Waals surface area contributed by atoms with Crippen molar-refractivity contribution in [1.29, 1.82) is 0 Å². The molecule has 6 heteroatoms. The molecule has 1 aromatic carbocycles. The van der Waals surface area contributed by atoms with Gasteiger partial charge in [-0.2, -0.15) is 5.10 Å². The van der Waals surface area contributed by atoms with Crippen molar-refractivity contribution in [3.8, 4) is 17.1 Å². The molecule has 0 aliphatic rings. The maximum Gasteiger partial charge on any atom is 0.356 e. The average Bonchev–Trinajstić information content (AvgIpc) is 3.00. The molecule has 0 amide bonds. The Bertz CT molecular complexity index is 845. The lowest BCUT2D eigenvalue weighted by Crippen LogP contribution is -2.00. The van der Waals surface area contributed by atoms with Crippen LogP contribution in [0.4, 0.5) is 0 Å². The number of hydrogen-bond acceptors (Lipinski definition) is 3. The van der Waals surface area contributed by atoms with Gasteiger partial charge in [0, 0.05) is 31.6 Å². The first-order valence-electron chi connectivity index (χ1n) is 6.42. The molecule has 0 aliphatic heterocycles. The van der Waals surface area contributed by atoms with Crippen molar-refractivity contribution in [2.75, 3.05) is 7.11 Å². The van der Waals surface area contributed by atoms with E-state index in [9.17, 15) is 4.79 Å². The number of benzene rings is 1. The molecule has 1 N–H and O–H groups in total. The van der Waals surface area contributed by atoms with Gasteiger partial charge in [0.2, 0.25) is 0 Å². The Morgan fingerprint density at radius 1 is 1.19 bits per heavy atom. The lowest BCUT2D eigenvalue weighted by Gasteiger charge is -2.05. The second kappa shape index (κ2) is 4.66. The Balaban J connectivity index is 2.21. The van der Waals surface area contributed by atoms with Gasteiger partial charge in [0.25, 0.3) is 0 Å². The van der Waals surface area contributed by atoms with E-state index in [2.05, 4.69) is 5.10 Å². The number of carbonyl (C=O) groups is 1. The third kappa shape index (κ3) is 2.05. The summed E-state index contributed by atoms with van der Waals surface area (Å²) in [5.41, 5.74) is 2.71. The first-order chi connectivity index (χ1) is 10.0. The molecule has 0 radical (unpaired) electrons. The summed E-state index contributed by atoms with van der Waals surface area (Å²) in [6.45, 7) is 0. The molecular weight excluding hydrogens is 270 g/mol. The minimum Gasteiger partial charge on any atom is -0.497 e. The fourth-order valence-electron chi connectivity index (χ4n) is 2.49. The van der Waals surface area contributed by atoms with Crippen LogP contribution in [0.5, 0.6) is 5.75 Å². The summed E-state index contributed by atoms with van der Waals surface area (Å²) < 4.78 is 8.82. The van der Waals surface area contributed by atoms with E-state index in [1.807, 2.05) is 35.9 Å². The number of aromatic nitrogens is 3. The van der Waals surface area contributed by atoms with Crippen LogP contribution in [0.15, 0.2) is 30.3 Å². The van der Waals surface area contributed by atoms with E-state index in [0.29, 0.717) is 0 Å². The molecule has 2 aromatic heterocycles. The van der Waals surface area contributed by atoms with Crippen molar-refractivity contribution < 1.29 is 14.6 Å². The predicted molar refractivity (Wildman–Crippen MR) is 78.6 cm³/mol. The quantitative estimate of drug-likeness (QED) is 0.801. The lowest BCUT2D eigenvalue weighted by molar-refractivity contribution is 0.0689. The van der Waals surface area contributed by atoms with Crippen molar-refractivity contribution in [2.24, 2.45) is 14.1 Å². The van der Waals surface area contributed by atoms with Gasteiger partial charge in [-0.1, -0.05) is 0 Å². The summed E-state index contributed by atoms with van der Waals surface area (Å²) in [6, 6.07) is 9.42. The van der Waals surface area contributed by atoms with E-state index < -0.39 is 5.97 Å². The number of aryl methyl sites for hydroxylation is 2. The molecule has 0 bridgehead atoms. The Morgan fingerprint density at radius 2 is 1.95 bits per heavy atom. The maximum atomic E-state index is 11.0. The van der Waals surface area contributed by atoms with Crippen LogP contribution in [0.3, 0.4) is 0 Å². The van der Waals surface area contributed by atoms with E-state index >= 15 is 0 Å². The number of aromatic carboxylic acids is 1. The van der Waals surface area contributed by atoms with Crippen LogP contribution >= 0.6 is 0 Å². The Kier molecular flexibility index (Phi) is 2.94. The van der Waals surface area contributed by atoms with E-state index in [0.717, 1.165) is 28.0 Å². The van der Waals surface area contributed by atoms with E-state index in [1.54, 1.807) is 24.9 Å². The molecular formula is C15H15N3O3. The normalized spacial score (nSPS) is 11.0. The number of carboxylic acid groups (broad SMARTS) is 1. The van der Waals surface area contributed by atoms with Gasteiger partial charge >= 0.3 is 5.97 Å². The number of methoxy groups -OCH3 is 1. The summed E-state index contributed by atoms with van der Waals surface area (Å²) >= 11 is 0. The second-order valence-corrected chi connectivity index (χ2v) is 4.86. The average molecular weight is 285 g/mol. The molecule has 21 heavy (non-hydrogen) atoms. The minimum atomic E-state index is -1.03. The predicted octanol–water partition coefficient (Wildman–Crippen LogP) is 2.29. The van der Waals surface area contributed by atoms with Crippen molar-refractivity contribution in [2.45, 2.75) is 0 Å².